The molecular formula is C14H15N5O2. The van der Waals surface area contributed by atoms with Crippen LogP contribution in [0.4, 0.5) is 0 Å². The van der Waals surface area contributed by atoms with Gasteiger partial charge in [0, 0.05) is 25.0 Å². The van der Waals surface area contributed by atoms with Crippen molar-refractivity contribution in [3.63, 3.8) is 0 Å². The summed E-state index contributed by atoms with van der Waals surface area (Å²) in [4.78, 5) is 16.1. The minimum absolute atomic E-state index is 0.236. The molecule has 0 bridgehead atoms. The van der Waals surface area contributed by atoms with E-state index in [1.165, 1.54) is 12.4 Å². The number of aryl methyl sites for hydroxylation is 1. The molecule has 0 aliphatic carbocycles. The lowest BCUT2D eigenvalue weighted by atomic mass is 10.2. The molecule has 0 radical (unpaired) electrons. The van der Waals surface area contributed by atoms with Crippen LogP contribution in [0.25, 0.3) is 0 Å². The number of hydrogen-bond donors (Lipinski definition) is 2. The van der Waals surface area contributed by atoms with E-state index in [1.54, 1.807) is 17.0 Å². The van der Waals surface area contributed by atoms with Gasteiger partial charge in [0.15, 0.2) is 5.82 Å². The van der Waals surface area contributed by atoms with Crippen LogP contribution in [0.3, 0.4) is 0 Å². The topological polar surface area (TPSA) is 92.9 Å². The zero-order chi connectivity index (χ0) is 15.2. The van der Waals surface area contributed by atoms with Gasteiger partial charge in [-0.2, -0.15) is 0 Å². The van der Waals surface area contributed by atoms with Crippen molar-refractivity contribution < 1.29 is 9.90 Å². The molecule has 7 nitrogen and oxygen atoms in total. The molecule has 21 heavy (non-hydrogen) atoms. The third-order valence-electron chi connectivity index (χ3n) is 2.79. The maximum Gasteiger partial charge on any atom is 0.253 e. The highest BCUT2D eigenvalue weighted by Gasteiger charge is 2.15. The van der Waals surface area contributed by atoms with E-state index in [0.717, 1.165) is 0 Å². The molecule has 1 unspecified atom stereocenters. The fourth-order valence-electron chi connectivity index (χ4n) is 1.80. The van der Waals surface area contributed by atoms with Crippen molar-refractivity contribution in [1.29, 1.82) is 0 Å². The van der Waals surface area contributed by atoms with Gasteiger partial charge in [-0.25, -0.2) is 0 Å². The summed E-state index contributed by atoms with van der Waals surface area (Å²) in [5.41, 5.74) is 0.969. The lowest BCUT2D eigenvalue weighted by Crippen LogP contribution is -2.28. The molecule has 7 heteroatoms. The first kappa shape index (κ1) is 14.7. The van der Waals surface area contributed by atoms with Crippen molar-refractivity contribution in [2.45, 2.75) is 13.0 Å². The van der Waals surface area contributed by atoms with Gasteiger partial charge in [0.05, 0.1) is 11.6 Å². The molecule has 0 spiro atoms. The Bertz CT molecular complexity index is 699. The summed E-state index contributed by atoms with van der Waals surface area (Å²) in [6, 6.07) is 1.34. The van der Waals surface area contributed by atoms with E-state index in [1.807, 2.05) is 14.0 Å². The number of pyridine rings is 1. The molecule has 2 aromatic rings. The van der Waals surface area contributed by atoms with Gasteiger partial charge in [-0.15, -0.1) is 10.2 Å². The van der Waals surface area contributed by atoms with Crippen LogP contribution >= 0.6 is 0 Å². The highest BCUT2D eigenvalue weighted by Crippen LogP contribution is 2.09. The first-order valence-electron chi connectivity index (χ1n) is 6.31. The normalized spacial score (nSPS) is 11.4. The summed E-state index contributed by atoms with van der Waals surface area (Å²) in [5.74, 6) is 5.61. The molecule has 0 saturated heterocycles. The zero-order valence-electron chi connectivity index (χ0n) is 11.7. The van der Waals surface area contributed by atoms with Crippen LogP contribution in [-0.2, 0) is 7.05 Å². The molecule has 0 aliphatic rings. The molecule has 1 atom stereocenters. The third kappa shape index (κ3) is 3.64. The van der Waals surface area contributed by atoms with Gasteiger partial charge >= 0.3 is 0 Å². The SMILES string of the molecule is CC(NC(=O)c1cncc(C#CCO)c1)c1nncn1C. The summed E-state index contributed by atoms with van der Waals surface area (Å²) >= 11 is 0. The second-order valence-corrected chi connectivity index (χ2v) is 4.42. The maximum absolute atomic E-state index is 12.2. The quantitative estimate of drug-likeness (QED) is 0.777. The summed E-state index contributed by atoms with van der Waals surface area (Å²) in [6.07, 6.45) is 4.57. The van der Waals surface area contributed by atoms with Crippen LogP contribution in [0.5, 0.6) is 0 Å². The molecule has 2 aromatic heterocycles. The van der Waals surface area contributed by atoms with E-state index in [2.05, 4.69) is 32.3 Å². The van der Waals surface area contributed by atoms with Crippen molar-refractivity contribution in [1.82, 2.24) is 25.1 Å². The van der Waals surface area contributed by atoms with Gasteiger partial charge in [-0.1, -0.05) is 11.8 Å². The number of nitrogens with one attached hydrogen (secondary N) is 1. The highest BCUT2D eigenvalue weighted by atomic mass is 16.2. The summed E-state index contributed by atoms with van der Waals surface area (Å²) in [7, 11) is 1.81. The number of aliphatic hydroxyl groups excluding tert-OH is 1. The average molecular weight is 285 g/mol. The Kier molecular flexibility index (Phi) is 4.64. The number of hydrogen-bond acceptors (Lipinski definition) is 5. The number of aromatic nitrogens is 4. The smallest absolute Gasteiger partial charge is 0.253 e. The molecule has 2 rings (SSSR count). The number of carbonyl (C=O) groups is 1. The van der Waals surface area contributed by atoms with Crippen molar-refractivity contribution in [2.24, 2.45) is 7.05 Å². The van der Waals surface area contributed by atoms with E-state index in [-0.39, 0.29) is 18.6 Å². The van der Waals surface area contributed by atoms with E-state index in [9.17, 15) is 4.79 Å². The highest BCUT2D eigenvalue weighted by molar-refractivity contribution is 5.94. The minimum atomic E-state index is -0.280. The summed E-state index contributed by atoms with van der Waals surface area (Å²) < 4.78 is 1.74. The number of aliphatic hydroxyl groups is 1. The summed E-state index contributed by atoms with van der Waals surface area (Å²) in [5, 5.41) is 19.2. The van der Waals surface area contributed by atoms with Crippen LogP contribution in [0, 0.1) is 11.8 Å². The predicted molar refractivity (Wildman–Crippen MR) is 75.1 cm³/mol. The number of carbonyl (C=O) groups excluding carboxylic acids is 1. The largest absolute Gasteiger partial charge is 0.384 e. The Balaban J connectivity index is 2.12. The molecule has 108 valence electrons. The molecule has 0 aliphatic heterocycles. The van der Waals surface area contributed by atoms with Crippen LogP contribution < -0.4 is 5.32 Å². The van der Waals surface area contributed by atoms with Crippen molar-refractivity contribution in [3.8, 4) is 11.8 Å². The Morgan fingerprint density at radius 1 is 1.52 bits per heavy atom. The average Bonchev–Trinajstić information content (AvgIpc) is 2.91. The van der Waals surface area contributed by atoms with Gasteiger partial charge < -0.3 is 15.0 Å². The Labute approximate surface area is 122 Å². The van der Waals surface area contributed by atoms with Gasteiger partial charge in [-0.3, -0.25) is 9.78 Å². The van der Waals surface area contributed by atoms with Crippen molar-refractivity contribution >= 4 is 5.91 Å². The molecule has 0 aromatic carbocycles. The zero-order valence-corrected chi connectivity index (χ0v) is 11.7. The van der Waals surface area contributed by atoms with Gasteiger partial charge in [0.2, 0.25) is 0 Å². The van der Waals surface area contributed by atoms with Crippen molar-refractivity contribution in [3.05, 3.63) is 41.7 Å². The number of amides is 1. The fraction of sp³-hybridized carbons (Fsp3) is 0.286. The minimum Gasteiger partial charge on any atom is -0.384 e. The van der Waals surface area contributed by atoms with Crippen molar-refractivity contribution in [2.75, 3.05) is 6.61 Å². The lowest BCUT2D eigenvalue weighted by Gasteiger charge is -2.12. The maximum atomic E-state index is 12.2. The Morgan fingerprint density at radius 2 is 2.33 bits per heavy atom. The summed E-state index contributed by atoms with van der Waals surface area (Å²) in [6.45, 7) is 1.59. The van der Waals surface area contributed by atoms with Gasteiger partial charge in [0.1, 0.15) is 12.9 Å². The standard InChI is InChI=1S/C14H15N5O2/c1-10(13-18-16-9-19(13)2)17-14(21)12-6-11(4-3-5-20)7-15-8-12/h6-10,20H,5H2,1-2H3,(H,17,21). The molecule has 1 amide bonds. The molecule has 0 fully saturated rings. The van der Waals surface area contributed by atoms with Crippen LogP contribution in [0.2, 0.25) is 0 Å². The van der Waals surface area contributed by atoms with Crippen LogP contribution in [0.15, 0.2) is 24.8 Å². The fourth-order valence-corrected chi connectivity index (χ4v) is 1.80. The van der Waals surface area contributed by atoms with Gasteiger partial charge in [0.25, 0.3) is 5.91 Å². The van der Waals surface area contributed by atoms with E-state index in [0.29, 0.717) is 17.0 Å². The Hall–Kier alpha value is -2.72. The Morgan fingerprint density at radius 3 is 3.00 bits per heavy atom. The second kappa shape index (κ2) is 6.63. The molecule has 2 N–H and O–H groups in total. The second-order valence-electron chi connectivity index (χ2n) is 4.42. The lowest BCUT2D eigenvalue weighted by molar-refractivity contribution is 0.0937. The van der Waals surface area contributed by atoms with E-state index in [4.69, 9.17) is 5.11 Å². The van der Waals surface area contributed by atoms with Gasteiger partial charge in [-0.05, 0) is 13.0 Å². The molecule has 0 saturated carbocycles. The van der Waals surface area contributed by atoms with E-state index >= 15 is 0 Å². The monoisotopic (exact) mass is 285 g/mol. The third-order valence-corrected chi connectivity index (χ3v) is 2.79. The predicted octanol–water partition coefficient (Wildman–Crippen LogP) is 0.0449. The number of nitrogens with zero attached hydrogens (tertiary/aromatic N) is 4. The molecule has 2 heterocycles. The first-order chi connectivity index (χ1) is 10.1. The van der Waals surface area contributed by atoms with Crippen LogP contribution in [-0.4, -0.2) is 37.4 Å². The number of rotatable bonds is 3. The first-order valence-corrected chi connectivity index (χ1v) is 6.31. The molecular weight excluding hydrogens is 270 g/mol. The van der Waals surface area contributed by atoms with E-state index < -0.39 is 0 Å². The van der Waals surface area contributed by atoms with Crippen LogP contribution in [0.1, 0.15) is 34.7 Å².